The Labute approximate surface area is 311 Å². The maximum absolute atomic E-state index is 13.7. The van der Waals surface area contributed by atoms with Gasteiger partial charge in [-0.25, -0.2) is 15.0 Å². The number of nitrogens with zero attached hydrogens (tertiary/aromatic N) is 7. The van der Waals surface area contributed by atoms with Crippen LogP contribution in [-0.4, -0.2) is 93.2 Å². The number of aliphatic hydroxyl groups is 1. The fourth-order valence-corrected chi connectivity index (χ4v) is 10.2. The summed E-state index contributed by atoms with van der Waals surface area (Å²) in [5.41, 5.74) is 2.15. The van der Waals surface area contributed by atoms with Gasteiger partial charge < -0.3 is 30.5 Å². The van der Waals surface area contributed by atoms with Crippen LogP contribution in [0.2, 0.25) is 0 Å². The number of rotatable bonds is 9. The lowest BCUT2D eigenvalue weighted by atomic mass is 9.44. The minimum Gasteiger partial charge on any atom is -0.460 e. The van der Waals surface area contributed by atoms with Gasteiger partial charge in [-0.05, 0) is 48.5 Å². The minimum atomic E-state index is -0.719. The molecule has 13 nitrogen and oxygen atoms in total. The molecule has 3 aliphatic carbocycles. The van der Waals surface area contributed by atoms with Crippen molar-refractivity contribution < 1.29 is 19.4 Å². The standard InChI is InChI=1S/C40H53N9O4/c1-6-38(4)19-31(39(5)25(2)11-13-40(26(3)35(38)52)14-12-30(50)34(39)40)53-32(51)21-43-20-29(47-41)28-9-7-27(8-10-28)22-49-24-46-33-36(44-23-45-37(33)49)48-17-15-42-16-18-48/h6-10,20,23-26,31,34-35,42,52H,1,11-19,21-22,41H2,2-5H3/t25?,26-,31+,34-,35-,38+,39-,40-/m0/s1. The molecule has 0 spiro atoms. The quantitative estimate of drug-likeness (QED) is 0.0966. The van der Waals surface area contributed by atoms with E-state index in [1.807, 2.05) is 35.8 Å². The zero-order valence-electron chi connectivity index (χ0n) is 31.4. The van der Waals surface area contributed by atoms with Gasteiger partial charge in [0.2, 0.25) is 0 Å². The zero-order valence-corrected chi connectivity index (χ0v) is 31.4. The SMILES string of the molecule is C=C[C@]1(C)C[C@@H](OC(=O)CN=CC(=NN)c2ccc(Cn3cnc4c(N5CCNCC5)ncnc43)cc2)[C@]2(C)C(C)CC[C@]3(CCC(=O)[C@H]32)[C@@H](C)[C@@H]1O. The first-order chi connectivity index (χ1) is 25.4. The van der Waals surface area contributed by atoms with Crippen molar-refractivity contribution in [2.75, 3.05) is 37.6 Å². The molecule has 53 heavy (non-hydrogen) atoms. The van der Waals surface area contributed by atoms with Gasteiger partial charge in [0.15, 0.2) is 17.0 Å². The Kier molecular flexibility index (Phi) is 10.0. The molecule has 4 fully saturated rings. The van der Waals surface area contributed by atoms with Crippen LogP contribution in [-0.2, 0) is 20.9 Å². The Morgan fingerprint density at radius 3 is 2.62 bits per heavy atom. The minimum absolute atomic E-state index is 0.0888. The maximum Gasteiger partial charge on any atom is 0.327 e. The second-order valence-electron chi connectivity index (χ2n) is 16.2. The third-order valence-electron chi connectivity index (χ3n) is 13.5. The summed E-state index contributed by atoms with van der Waals surface area (Å²) in [5.74, 6) is 6.14. The van der Waals surface area contributed by atoms with Gasteiger partial charge >= 0.3 is 5.97 Å². The van der Waals surface area contributed by atoms with Gasteiger partial charge in [-0.2, -0.15) is 5.10 Å². The molecule has 1 aromatic carbocycles. The number of esters is 1. The summed E-state index contributed by atoms with van der Waals surface area (Å²) in [5, 5.41) is 19.1. The first kappa shape index (κ1) is 36.9. The number of aromatic nitrogens is 4. The molecule has 1 unspecified atom stereocenters. The van der Waals surface area contributed by atoms with Gasteiger partial charge in [0.1, 0.15) is 30.5 Å². The number of hydrogen-bond acceptors (Lipinski definition) is 12. The van der Waals surface area contributed by atoms with Gasteiger partial charge in [0.25, 0.3) is 0 Å². The molecule has 3 aromatic rings. The summed E-state index contributed by atoms with van der Waals surface area (Å²) in [6, 6.07) is 7.81. The molecule has 7 rings (SSSR count). The molecule has 0 amide bonds. The van der Waals surface area contributed by atoms with E-state index in [4.69, 9.17) is 10.6 Å². The second-order valence-corrected chi connectivity index (χ2v) is 16.2. The van der Waals surface area contributed by atoms with Crippen LogP contribution in [0, 0.1) is 34.0 Å². The van der Waals surface area contributed by atoms with Crippen LogP contribution in [0.15, 0.2) is 59.7 Å². The maximum atomic E-state index is 13.7. The van der Waals surface area contributed by atoms with Crippen molar-refractivity contribution in [2.45, 2.75) is 78.6 Å². The van der Waals surface area contributed by atoms with Gasteiger partial charge in [0, 0.05) is 54.9 Å². The van der Waals surface area contributed by atoms with Gasteiger partial charge in [-0.15, -0.1) is 6.58 Å². The van der Waals surface area contributed by atoms with Crippen molar-refractivity contribution in [2.24, 2.45) is 49.9 Å². The molecule has 3 heterocycles. The monoisotopic (exact) mass is 723 g/mol. The Hall–Kier alpha value is -4.49. The number of carbonyl (C=O) groups is 2. The number of aliphatic hydroxyl groups excluding tert-OH is 1. The third kappa shape index (κ3) is 6.35. The normalized spacial score (nSPS) is 33.5. The van der Waals surface area contributed by atoms with Crippen molar-refractivity contribution in [3.05, 3.63) is 60.7 Å². The Morgan fingerprint density at radius 2 is 1.91 bits per heavy atom. The average molecular weight is 724 g/mol. The van der Waals surface area contributed by atoms with E-state index in [-0.39, 0.29) is 35.5 Å². The third-order valence-corrected chi connectivity index (χ3v) is 13.5. The molecule has 282 valence electrons. The summed E-state index contributed by atoms with van der Waals surface area (Å²) in [6.45, 7) is 16.4. The summed E-state index contributed by atoms with van der Waals surface area (Å²) in [6.07, 6.45) is 8.78. The first-order valence-corrected chi connectivity index (χ1v) is 19.0. The van der Waals surface area contributed by atoms with E-state index in [1.165, 1.54) is 6.21 Å². The number of ketones is 1. The number of hydrazone groups is 1. The van der Waals surface area contributed by atoms with E-state index < -0.39 is 29.0 Å². The molecule has 1 saturated heterocycles. The predicted octanol–water partition coefficient (Wildman–Crippen LogP) is 3.92. The Bertz CT molecular complexity index is 1920. The topological polar surface area (TPSA) is 173 Å². The molecule has 13 heteroatoms. The molecule has 4 aliphatic rings. The fraction of sp³-hybridized carbons (Fsp3) is 0.575. The molecular weight excluding hydrogens is 670 g/mol. The van der Waals surface area contributed by atoms with Crippen LogP contribution < -0.4 is 16.1 Å². The number of nitrogens with two attached hydrogens (primary N) is 1. The Morgan fingerprint density at radius 1 is 1.15 bits per heavy atom. The highest BCUT2D eigenvalue weighted by Gasteiger charge is 2.68. The number of hydrogen-bond donors (Lipinski definition) is 3. The van der Waals surface area contributed by atoms with Crippen LogP contribution >= 0.6 is 0 Å². The van der Waals surface area contributed by atoms with E-state index in [0.717, 1.165) is 73.6 Å². The van der Waals surface area contributed by atoms with Crippen molar-refractivity contribution in [3.8, 4) is 0 Å². The lowest BCUT2D eigenvalue weighted by molar-refractivity contribution is -0.205. The van der Waals surface area contributed by atoms with Crippen LogP contribution in [0.3, 0.4) is 0 Å². The number of Topliss-reactive ketones (excluding diaryl/α,β-unsaturated/α-hetero) is 1. The molecule has 8 atom stereocenters. The molecule has 4 N–H and O–H groups in total. The first-order valence-electron chi connectivity index (χ1n) is 19.0. The number of imidazole rings is 1. The average Bonchev–Trinajstić information content (AvgIpc) is 3.75. The predicted molar refractivity (Wildman–Crippen MR) is 205 cm³/mol. The van der Waals surface area contributed by atoms with Gasteiger partial charge in [-0.3, -0.25) is 14.6 Å². The molecule has 2 bridgehead atoms. The highest BCUT2D eigenvalue weighted by molar-refractivity contribution is 6.38. The van der Waals surface area contributed by atoms with Crippen LogP contribution in [0.4, 0.5) is 5.82 Å². The van der Waals surface area contributed by atoms with Crippen LogP contribution in [0.25, 0.3) is 11.2 Å². The summed E-state index contributed by atoms with van der Waals surface area (Å²) < 4.78 is 8.33. The molecule has 1 aliphatic heterocycles. The summed E-state index contributed by atoms with van der Waals surface area (Å²) >= 11 is 0. The van der Waals surface area contributed by atoms with Gasteiger partial charge in [-0.1, -0.05) is 58.0 Å². The lowest BCUT2D eigenvalue weighted by Crippen LogP contribution is -2.63. The molecule has 0 radical (unpaired) electrons. The number of anilines is 1. The van der Waals surface area contributed by atoms with Crippen molar-refractivity contribution in [3.63, 3.8) is 0 Å². The van der Waals surface area contributed by atoms with Crippen molar-refractivity contribution >= 4 is 40.7 Å². The second kappa shape index (κ2) is 14.4. The number of fused-ring (bicyclic) bond motifs is 1. The lowest BCUT2D eigenvalue weighted by Gasteiger charge is -2.61. The van der Waals surface area contributed by atoms with E-state index in [2.05, 4.69) is 62.6 Å². The van der Waals surface area contributed by atoms with Crippen LogP contribution in [0.1, 0.15) is 70.9 Å². The number of benzene rings is 1. The van der Waals surface area contributed by atoms with E-state index in [9.17, 15) is 14.7 Å². The smallest absolute Gasteiger partial charge is 0.327 e. The molecular formula is C40H53N9O4. The van der Waals surface area contributed by atoms with E-state index in [0.29, 0.717) is 25.1 Å². The Balaban J connectivity index is 1.04. The highest BCUT2D eigenvalue weighted by atomic mass is 16.5. The number of aliphatic imine (C=N–C) groups is 1. The van der Waals surface area contributed by atoms with Gasteiger partial charge in [0.05, 0.1) is 25.2 Å². The molecule has 2 aromatic heterocycles. The number of carbonyl (C=O) groups excluding carboxylic acids is 2. The van der Waals surface area contributed by atoms with Crippen molar-refractivity contribution in [1.82, 2.24) is 24.8 Å². The van der Waals surface area contributed by atoms with E-state index >= 15 is 0 Å². The largest absolute Gasteiger partial charge is 0.460 e. The van der Waals surface area contributed by atoms with E-state index in [1.54, 1.807) is 18.7 Å². The summed E-state index contributed by atoms with van der Waals surface area (Å²) in [7, 11) is 0. The highest BCUT2D eigenvalue weighted by Crippen LogP contribution is 2.68. The fourth-order valence-electron chi connectivity index (χ4n) is 10.2. The zero-order chi connectivity index (χ0) is 37.5. The van der Waals surface area contributed by atoms with Crippen LogP contribution in [0.5, 0.6) is 0 Å². The van der Waals surface area contributed by atoms with Crippen molar-refractivity contribution in [1.29, 1.82) is 0 Å². The molecule has 3 saturated carbocycles. The number of nitrogens with one attached hydrogen (secondary N) is 1. The summed E-state index contributed by atoms with van der Waals surface area (Å²) in [4.78, 5) is 47.6. The number of piperazine rings is 1. The number of ether oxygens (including phenoxy) is 1.